The molecule has 0 spiro atoms. The highest BCUT2D eigenvalue weighted by molar-refractivity contribution is 7.99. The van der Waals surface area contributed by atoms with Crippen LogP contribution in [0.5, 0.6) is 0 Å². The second-order valence-corrected chi connectivity index (χ2v) is 8.12. The normalized spacial score (nSPS) is 18.0. The van der Waals surface area contributed by atoms with Crippen LogP contribution in [0.25, 0.3) is 10.9 Å². The summed E-state index contributed by atoms with van der Waals surface area (Å²) in [5.74, 6) is 6.91. The third-order valence-electron chi connectivity index (χ3n) is 5.41. The van der Waals surface area contributed by atoms with Crippen LogP contribution in [0.15, 0.2) is 15.9 Å². The number of anilines is 2. The lowest BCUT2D eigenvalue weighted by molar-refractivity contribution is 0.312. The number of likely N-dealkylation sites (N-methyl/N-ethyl adjacent to an activating group) is 1. The van der Waals surface area contributed by atoms with Gasteiger partial charge in [-0.05, 0) is 26.5 Å². The molecule has 1 fully saturated rings. The number of benzene rings is 1. The summed E-state index contributed by atoms with van der Waals surface area (Å²) in [6, 6.07) is 0. The Labute approximate surface area is 151 Å². The number of nitrogen functional groups attached to an aromatic ring is 1. The molecule has 0 atom stereocenters. The number of nitrogens with one attached hydrogen (secondary N) is 1. The fraction of sp³-hybridized carbons (Fsp3) is 0.500. The number of nitrogens with two attached hydrogens (primary N) is 1. The summed E-state index contributed by atoms with van der Waals surface area (Å²) in [5, 5.41) is 0.736. The molecule has 134 valence electrons. The first kappa shape index (κ1) is 16.8. The van der Waals surface area contributed by atoms with E-state index in [1.807, 2.05) is 24.9 Å². The van der Waals surface area contributed by atoms with Crippen LogP contribution in [0.4, 0.5) is 11.4 Å². The number of nitrogens with zero attached hydrogens (tertiary/aromatic N) is 3. The van der Waals surface area contributed by atoms with Gasteiger partial charge >= 0.3 is 0 Å². The van der Waals surface area contributed by atoms with E-state index in [-0.39, 0.29) is 5.43 Å². The van der Waals surface area contributed by atoms with E-state index < -0.39 is 0 Å². The fourth-order valence-corrected chi connectivity index (χ4v) is 5.29. The Kier molecular flexibility index (Phi) is 4.17. The molecule has 0 unspecified atom stereocenters. The molecule has 2 aliphatic rings. The van der Waals surface area contributed by atoms with E-state index in [2.05, 4.69) is 33.8 Å². The van der Waals surface area contributed by atoms with E-state index in [4.69, 9.17) is 5.84 Å². The second-order valence-electron chi connectivity index (χ2n) is 7.02. The minimum Gasteiger partial charge on any atom is -0.368 e. The average Bonchev–Trinajstić information content (AvgIpc) is 2.60. The topological polar surface area (TPSA) is 66.5 Å². The van der Waals surface area contributed by atoms with Gasteiger partial charge in [0.15, 0.2) is 5.43 Å². The summed E-state index contributed by atoms with van der Waals surface area (Å²) in [6.45, 7) is 8.98. The largest absolute Gasteiger partial charge is 0.368 e. The molecular weight excluding hydrogens is 334 g/mol. The zero-order chi connectivity index (χ0) is 17.7. The van der Waals surface area contributed by atoms with E-state index in [0.29, 0.717) is 0 Å². The van der Waals surface area contributed by atoms with Gasteiger partial charge in [-0.25, -0.2) is 0 Å². The lowest BCUT2D eigenvalue weighted by Crippen LogP contribution is -2.45. The minimum absolute atomic E-state index is 0.0796. The maximum atomic E-state index is 12.9. The van der Waals surface area contributed by atoms with Crippen molar-refractivity contribution in [1.82, 2.24) is 9.47 Å². The smallest absolute Gasteiger partial charge is 0.194 e. The van der Waals surface area contributed by atoms with E-state index in [1.54, 1.807) is 0 Å². The van der Waals surface area contributed by atoms with E-state index in [0.717, 1.165) is 66.2 Å². The number of pyridine rings is 1. The number of hydrogen-bond donors (Lipinski definition) is 2. The Morgan fingerprint density at radius 2 is 1.88 bits per heavy atom. The van der Waals surface area contributed by atoms with Crippen LogP contribution in [-0.4, -0.2) is 48.4 Å². The van der Waals surface area contributed by atoms with Crippen molar-refractivity contribution in [2.75, 3.05) is 49.3 Å². The maximum absolute atomic E-state index is 12.9. The van der Waals surface area contributed by atoms with Crippen molar-refractivity contribution in [2.24, 2.45) is 5.84 Å². The van der Waals surface area contributed by atoms with Gasteiger partial charge in [0.25, 0.3) is 0 Å². The lowest BCUT2D eigenvalue weighted by atomic mass is 10.0. The molecule has 2 aliphatic heterocycles. The van der Waals surface area contributed by atoms with Crippen molar-refractivity contribution in [3.63, 3.8) is 0 Å². The second kappa shape index (κ2) is 6.23. The number of piperazine rings is 1. The SMILES string of the molecule is Cc1c(N2CCN(C)CC2)c2c3c(c1NN)c(=O)c(C)cn3CCS2. The predicted molar refractivity (Wildman–Crippen MR) is 106 cm³/mol. The third kappa shape index (κ3) is 2.53. The van der Waals surface area contributed by atoms with Gasteiger partial charge in [-0.3, -0.25) is 10.6 Å². The highest BCUT2D eigenvalue weighted by Crippen LogP contribution is 2.45. The molecule has 0 aliphatic carbocycles. The van der Waals surface area contributed by atoms with E-state index in [9.17, 15) is 4.79 Å². The maximum Gasteiger partial charge on any atom is 0.194 e. The van der Waals surface area contributed by atoms with Crippen LogP contribution in [0.2, 0.25) is 0 Å². The molecule has 1 aromatic heterocycles. The molecule has 6 nitrogen and oxygen atoms in total. The molecule has 7 heteroatoms. The summed E-state index contributed by atoms with van der Waals surface area (Å²) in [7, 11) is 2.16. The van der Waals surface area contributed by atoms with Crippen LogP contribution in [0.1, 0.15) is 11.1 Å². The molecule has 3 N–H and O–H groups in total. The molecule has 0 radical (unpaired) electrons. The average molecular weight is 359 g/mol. The molecule has 2 aromatic rings. The van der Waals surface area contributed by atoms with Crippen LogP contribution >= 0.6 is 11.8 Å². The molecule has 0 bridgehead atoms. The summed E-state index contributed by atoms with van der Waals surface area (Å²) < 4.78 is 2.23. The van der Waals surface area contributed by atoms with Crippen molar-refractivity contribution in [2.45, 2.75) is 25.3 Å². The Morgan fingerprint density at radius 1 is 1.16 bits per heavy atom. The van der Waals surface area contributed by atoms with Gasteiger partial charge in [-0.2, -0.15) is 0 Å². The first-order valence-electron chi connectivity index (χ1n) is 8.76. The first-order valence-corrected chi connectivity index (χ1v) is 9.74. The van der Waals surface area contributed by atoms with Gasteiger partial charge in [-0.1, -0.05) is 0 Å². The van der Waals surface area contributed by atoms with E-state index in [1.165, 1.54) is 10.6 Å². The number of hydrazine groups is 1. The summed E-state index contributed by atoms with van der Waals surface area (Å²) in [5.41, 5.74) is 7.83. The summed E-state index contributed by atoms with van der Waals surface area (Å²) in [4.78, 5) is 18.9. The molecule has 1 aromatic carbocycles. The van der Waals surface area contributed by atoms with Crippen molar-refractivity contribution in [3.05, 3.63) is 27.5 Å². The number of hydrogen-bond acceptors (Lipinski definition) is 6. The Morgan fingerprint density at radius 3 is 2.56 bits per heavy atom. The van der Waals surface area contributed by atoms with E-state index >= 15 is 0 Å². The van der Waals surface area contributed by atoms with Gasteiger partial charge in [0.05, 0.1) is 27.2 Å². The molecule has 4 rings (SSSR count). The summed E-state index contributed by atoms with van der Waals surface area (Å²) in [6.07, 6.45) is 2.00. The van der Waals surface area contributed by atoms with Crippen molar-refractivity contribution < 1.29 is 0 Å². The molecule has 0 saturated carbocycles. The minimum atomic E-state index is 0.0796. The van der Waals surface area contributed by atoms with Gasteiger partial charge in [0.2, 0.25) is 0 Å². The highest BCUT2D eigenvalue weighted by Gasteiger charge is 2.28. The molecule has 0 amide bonds. The van der Waals surface area contributed by atoms with Crippen LogP contribution in [-0.2, 0) is 6.54 Å². The number of aromatic nitrogens is 1. The number of rotatable bonds is 2. The third-order valence-corrected chi connectivity index (χ3v) is 6.47. The lowest BCUT2D eigenvalue weighted by Gasteiger charge is -2.37. The van der Waals surface area contributed by atoms with Crippen LogP contribution < -0.4 is 21.6 Å². The van der Waals surface area contributed by atoms with Crippen molar-refractivity contribution in [1.29, 1.82) is 0 Å². The van der Waals surface area contributed by atoms with Gasteiger partial charge < -0.3 is 19.8 Å². The van der Waals surface area contributed by atoms with Gasteiger partial charge in [0, 0.05) is 50.2 Å². The quantitative estimate of drug-likeness (QED) is 0.629. The monoisotopic (exact) mass is 359 g/mol. The first-order chi connectivity index (χ1) is 12.0. The number of thioether (sulfide) groups is 1. The highest BCUT2D eigenvalue weighted by atomic mass is 32.2. The predicted octanol–water partition coefficient (Wildman–Crippen LogP) is 1.76. The Bertz CT molecular complexity index is 899. The Balaban J connectivity index is 2.05. The standard InChI is InChI=1S/C18H25N5OS/c1-11-10-23-8-9-25-18-15(22-6-4-21(3)5-7-22)12(2)14(20-19)13(16(18)23)17(11)24/h10,20H,4-9,19H2,1-3H3. The van der Waals surface area contributed by atoms with Crippen molar-refractivity contribution >= 4 is 34.0 Å². The zero-order valence-electron chi connectivity index (χ0n) is 15.1. The Hall–Kier alpha value is -1.70. The van der Waals surface area contributed by atoms with Crippen LogP contribution in [0.3, 0.4) is 0 Å². The zero-order valence-corrected chi connectivity index (χ0v) is 15.9. The van der Waals surface area contributed by atoms with Gasteiger partial charge in [-0.15, -0.1) is 11.8 Å². The molecule has 1 saturated heterocycles. The van der Waals surface area contributed by atoms with Crippen molar-refractivity contribution in [3.8, 4) is 0 Å². The molecule has 25 heavy (non-hydrogen) atoms. The number of aryl methyl sites for hydroxylation is 2. The van der Waals surface area contributed by atoms with Crippen LogP contribution in [0, 0.1) is 13.8 Å². The summed E-state index contributed by atoms with van der Waals surface area (Å²) >= 11 is 1.87. The molecular formula is C18H25N5OS. The van der Waals surface area contributed by atoms with Gasteiger partial charge in [0.1, 0.15) is 0 Å². The molecule has 3 heterocycles. The fourth-order valence-electron chi connectivity index (χ4n) is 4.02.